The van der Waals surface area contributed by atoms with Crippen LogP contribution in [0.4, 0.5) is 0 Å². The van der Waals surface area contributed by atoms with E-state index in [0.717, 1.165) is 24.0 Å². The van der Waals surface area contributed by atoms with Crippen LogP contribution in [0.5, 0.6) is 0 Å². The van der Waals surface area contributed by atoms with E-state index in [0.29, 0.717) is 12.4 Å². The highest BCUT2D eigenvalue weighted by Gasteiger charge is 2.59. The smallest absolute Gasteiger partial charge is 0.307 e. The van der Waals surface area contributed by atoms with Crippen LogP contribution in [0.15, 0.2) is 36.1 Å². The molecule has 1 aromatic carbocycles. The lowest BCUT2D eigenvalue weighted by atomic mass is 9.69. The van der Waals surface area contributed by atoms with E-state index in [1.807, 2.05) is 30.3 Å². The van der Waals surface area contributed by atoms with Crippen molar-refractivity contribution < 1.29 is 19.0 Å². The molecule has 2 unspecified atom stereocenters. The first-order valence-corrected chi connectivity index (χ1v) is 6.84. The highest BCUT2D eigenvalue weighted by atomic mass is 16.6. The van der Waals surface area contributed by atoms with E-state index in [2.05, 4.69) is 0 Å². The van der Waals surface area contributed by atoms with Gasteiger partial charge in [-0.1, -0.05) is 30.3 Å². The van der Waals surface area contributed by atoms with E-state index in [9.17, 15) is 4.79 Å². The van der Waals surface area contributed by atoms with Crippen LogP contribution in [0.3, 0.4) is 0 Å². The Hall–Kier alpha value is -1.65. The minimum Gasteiger partial charge on any atom is -0.428 e. The fourth-order valence-corrected chi connectivity index (χ4v) is 3.11. The van der Waals surface area contributed by atoms with E-state index < -0.39 is 5.60 Å². The van der Waals surface area contributed by atoms with Gasteiger partial charge in [0.2, 0.25) is 0 Å². The number of hydrogen-bond acceptors (Lipinski definition) is 4. The van der Waals surface area contributed by atoms with Crippen LogP contribution in [0.2, 0.25) is 0 Å². The van der Waals surface area contributed by atoms with Crippen LogP contribution in [0, 0.1) is 0 Å². The molecule has 106 valence electrons. The zero-order valence-electron chi connectivity index (χ0n) is 11.7. The van der Waals surface area contributed by atoms with Crippen LogP contribution in [0.1, 0.15) is 25.3 Å². The first-order chi connectivity index (χ1) is 9.69. The number of carbonyl (C=O) groups excluding carboxylic acids is 1. The van der Waals surface area contributed by atoms with Crippen molar-refractivity contribution >= 4 is 11.5 Å². The predicted molar refractivity (Wildman–Crippen MR) is 73.8 cm³/mol. The summed E-state index contributed by atoms with van der Waals surface area (Å²) in [5.41, 5.74) is 1.35. The van der Waals surface area contributed by atoms with E-state index >= 15 is 0 Å². The van der Waals surface area contributed by atoms with Gasteiger partial charge in [-0.2, -0.15) is 0 Å². The third-order valence-electron chi connectivity index (χ3n) is 3.99. The summed E-state index contributed by atoms with van der Waals surface area (Å²) in [7, 11) is 1.65. The fourth-order valence-electron chi connectivity index (χ4n) is 3.11. The molecule has 3 rings (SSSR count). The molecule has 2 atom stereocenters. The molecule has 0 amide bonds. The molecule has 1 aliphatic heterocycles. The summed E-state index contributed by atoms with van der Waals surface area (Å²) >= 11 is 0. The Bertz CT molecular complexity index is 549. The number of rotatable bonds is 3. The lowest BCUT2D eigenvalue weighted by Gasteiger charge is -2.52. The molecule has 1 saturated heterocycles. The Morgan fingerprint density at radius 2 is 2.10 bits per heavy atom. The minimum absolute atomic E-state index is 0.155. The highest BCUT2D eigenvalue weighted by molar-refractivity contribution is 5.83. The molecule has 0 bridgehead atoms. The standard InChI is InChI=1S/C16H18O4/c1-11(17)20-15-13(12-7-4-3-5-8-12)14-16(15,18-2)9-6-10-19-14/h3-5,7-8,14H,6,9-10H2,1-2H3. The van der Waals surface area contributed by atoms with Crippen molar-refractivity contribution in [1.29, 1.82) is 0 Å². The molecule has 1 fully saturated rings. The van der Waals surface area contributed by atoms with E-state index in [-0.39, 0.29) is 12.1 Å². The second-order valence-corrected chi connectivity index (χ2v) is 5.15. The normalized spacial score (nSPS) is 28.6. The maximum absolute atomic E-state index is 11.4. The number of ether oxygens (including phenoxy) is 3. The molecule has 1 heterocycles. The van der Waals surface area contributed by atoms with E-state index in [1.54, 1.807) is 7.11 Å². The number of benzene rings is 1. The molecule has 1 aliphatic carbocycles. The van der Waals surface area contributed by atoms with Gasteiger partial charge in [0.25, 0.3) is 0 Å². The van der Waals surface area contributed by atoms with Gasteiger partial charge in [0, 0.05) is 26.2 Å². The maximum atomic E-state index is 11.4. The second kappa shape index (κ2) is 5.04. The molecule has 0 N–H and O–H groups in total. The van der Waals surface area contributed by atoms with Gasteiger partial charge >= 0.3 is 5.97 Å². The summed E-state index contributed by atoms with van der Waals surface area (Å²) in [6.07, 6.45) is 1.56. The van der Waals surface area contributed by atoms with Crippen LogP contribution < -0.4 is 0 Å². The molecule has 0 radical (unpaired) electrons. The number of hydrogen-bond donors (Lipinski definition) is 0. The molecular weight excluding hydrogens is 256 g/mol. The summed E-state index contributed by atoms with van der Waals surface area (Å²) in [6.45, 7) is 2.12. The van der Waals surface area contributed by atoms with Crippen molar-refractivity contribution in [3.63, 3.8) is 0 Å². The van der Waals surface area contributed by atoms with Gasteiger partial charge < -0.3 is 14.2 Å². The first kappa shape index (κ1) is 13.3. The summed E-state index contributed by atoms with van der Waals surface area (Å²) in [6, 6.07) is 9.87. The Balaban J connectivity index is 2.08. The van der Waals surface area contributed by atoms with Gasteiger partial charge in [-0.25, -0.2) is 0 Å². The van der Waals surface area contributed by atoms with E-state index in [4.69, 9.17) is 14.2 Å². The number of methoxy groups -OCH3 is 1. The molecule has 0 saturated carbocycles. The lowest BCUT2D eigenvalue weighted by Crippen LogP contribution is -2.59. The summed E-state index contributed by atoms with van der Waals surface area (Å²) < 4.78 is 17.0. The largest absolute Gasteiger partial charge is 0.428 e. The van der Waals surface area contributed by atoms with Gasteiger partial charge in [0.1, 0.15) is 11.9 Å². The molecule has 0 aromatic heterocycles. The third-order valence-corrected chi connectivity index (χ3v) is 3.99. The lowest BCUT2D eigenvalue weighted by molar-refractivity contribution is -0.170. The maximum Gasteiger partial charge on any atom is 0.307 e. The fraction of sp³-hybridized carbons (Fsp3) is 0.438. The zero-order valence-corrected chi connectivity index (χ0v) is 11.7. The van der Waals surface area contributed by atoms with Gasteiger partial charge in [0.05, 0.1) is 0 Å². The minimum atomic E-state index is -0.602. The van der Waals surface area contributed by atoms with E-state index in [1.165, 1.54) is 6.92 Å². The SMILES string of the molecule is COC12CCCOC1C(c1ccccc1)=C2OC(C)=O. The zero-order chi connectivity index (χ0) is 14.2. The Labute approximate surface area is 118 Å². The topological polar surface area (TPSA) is 44.8 Å². The summed E-state index contributed by atoms with van der Waals surface area (Å²) in [5, 5.41) is 0. The van der Waals surface area contributed by atoms with Gasteiger partial charge in [-0.05, 0) is 18.4 Å². The average Bonchev–Trinajstić information content (AvgIpc) is 2.46. The third kappa shape index (κ3) is 1.87. The highest BCUT2D eigenvalue weighted by Crippen LogP contribution is 2.53. The number of fused-ring (bicyclic) bond motifs is 1. The Morgan fingerprint density at radius 1 is 1.35 bits per heavy atom. The predicted octanol–water partition coefficient (Wildman–Crippen LogP) is 2.54. The van der Waals surface area contributed by atoms with Gasteiger partial charge in [-0.15, -0.1) is 0 Å². The molecular formula is C16H18O4. The quantitative estimate of drug-likeness (QED) is 0.795. The van der Waals surface area contributed by atoms with Crippen LogP contribution >= 0.6 is 0 Å². The van der Waals surface area contributed by atoms with Crippen molar-refractivity contribution in [2.75, 3.05) is 13.7 Å². The van der Waals surface area contributed by atoms with Gasteiger partial charge in [-0.3, -0.25) is 4.79 Å². The van der Waals surface area contributed by atoms with Crippen molar-refractivity contribution in [2.45, 2.75) is 31.5 Å². The summed E-state index contributed by atoms with van der Waals surface area (Å²) in [4.78, 5) is 11.4. The second-order valence-electron chi connectivity index (χ2n) is 5.15. The Morgan fingerprint density at radius 3 is 2.75 bits per heavy atom. The molecule has 4 heteroatoms. The van der Waals surface area contributed by atoms with Crippen molar-refractivity contribution in [3.8, 4) is 0 Å². The molecule has 2 aliphatic rings. The van der Waals surface area contributed by atoms with Crippen LogP contribution in [-0.2, 0) is 19.0 Å². The van der Waals surface area contributed by atoms with Crippen LogP contribution in [-0.4, -0.2) is 31.4 Å². The molecule has 1 aromatic rings. The van der Waals surface area contributed by atoms with Crippen molar-refractivity contribution in [1.82, 2.24) is 0 Å². The molecule has 0 spiro atoms. The number of esters is 1. The van der Waals surface area contributed by atoms with Crippen LogP contribution in [0.25, 0.3) is 5.57 Å². The average molecular weight is 274 g/mol. The summed E-state index contributed by atoms with van der Waals surface area (Å²) in [5.74, 6) is 0.289. The molecule has 20 heavy (non-hydrogen) atoms. The Kier molecular flexibility index (Phi) is 3.36. The van der Waals surface area contributed by atoms with Crippen molar-refractivity contribution in [3.05, 3.63) is 41.7 Å². The molecule has 4 nitrogen and oxygen atoms in total. The first-order valence-electron chi connectivity index (χ1n) is 6.84. The monoisotopic (exact) mass is 274 g/mol. The van der Waals surface area contributed by atoms with Crippen molar-refractivity contribution in [2.24, 2.45) is 0 Å². The van der Waals surface area contributed by atoms with Gasteiger partial charge in [0.15, 0.2) is 5.60 Å². The number of carbonyl (C=O) groups is 1.